The molecule has 0 aliphatic heterocycles. The van der Waals surface area contributed by atoms with E-state index in [4.69, 9.17) is 4.74 Å². The molecule has 8 heteroatoms. The summed E-state index contributed by atoms with van der Waals surface area (Å²) < 4.78 is 5.22. The number of nitrogens with one attached hydrogen (secondary N) is 1. The molecule has 0 saturated carbocycles. The Kier molecular flexibility index (Phi) is 5.67. The van der Waals surface area contributed by atoms with Gasteiger partial charge >= 0.3 is 5.69 Å². The zero-order valence-electron chi connectivity index (χ0n) is 13.8. The second-order valence-corrected chi connectivity index (χ2v) is 5.19. The summed E-state index contributed by atoms with van der Waals surface area (Å²) in [4.78, 5) is 35.0. The number of ether oxygens (including phenoxy) is 1. The van der Waals surface area contributed by atoms with Crippen molar-refractivity contribution in [2.75, 3.05) is 23.9 Å². The van der Waals surface area contributed by atoms with Crippen molar-refractivity contribution in [1.29, 1.82) is 0 Å². The maximum Gasteiger partial charge on any atom is 0.310 e. The average molecular weight is 343 g/mol. The number of benzene rings is 2. The van der Waals surface area contributed by atoms with Crippen LogP contribution < -0.4 is 15.0 Å². The van der Waals surface area contributed by atoms with Gasteiger partial charge in [-0.2, -0.15) is 0 Å². The predicted molar refractivity (Wildman–Crippen MR) is 92.7 cm³/mol. The second-order valence-electron chi connectivity index (χ2n) is 5.19. The Morgan fingerprint density at radius 2 is 1.80 bits per heavy atom. The van der Waals surface area contributed by atoms with Crippen molar-refractivity contribution in [3.63, 3.8) is 0 Å². The lowest BCUT2D eigenvalue weighted by Crippen LogP contribution is -2.23. The van der Waals surface area contributed by atoms with Gasteiger partial charge in [0.05, 0.1) is 4.92 Å². The third-order valence-corrected chi connectivity index (χ3v) is 3.43. The molecule has 0 aromatic heterocycles. The Morgan fingerprint density at radius 1 is 1.16 bits per heavy atom. The third kappa shape index (κ3) is 4.77. The number of hydrogen-bond acceptors (Lipinski definition) is 5. The third-order valence-electron chi connectivity index (χ3n) is 3.43. The van der Waals surface area contributed by atoms with Crippen LogP contribution in [0.5, 0.6) is 5.75 Å². The summed E-state index contributed by atoms with van der Waals surface area (Å²) in [7, 11) is 1.65. The molecule has 0 atom stereocenters. The lowest BCUT2D eigenvalue weighted by Gasteiger charge is -2.15. The Labute approximate surface area is 144 Å². The van der Waals surface area contributed by atoms with Crippen LogP contribution in [0, 0.1) is 10.1 Å². The average Bonchev–Trinajstić information content (AvgIpc) is 2.60. The van der Waals surface area contributed by atoms with Crippen LogP contribution in [0.15, 0.2) is 48.5 Å². The largest absolute Gasteiger partial charge is 0.477 e. The maximum absolute atomic E-state index is 11.9. The minimum absolute atomic E-state index is 0.0288. The lowest BCUT2D eigenvalue weighted by atomic mass is 10.2. The Morgan fingerprint density at radius 3 is 2.40 bits per heavy atom. The quantitative estimate of drug-likeness (QED) is 0.641. The van der Waals surface area contributed by atoms with Crippen LogP contribution in [-0.4, -0.2) is 30.4 Å². The van der Waals surface area contributed by atoms with Gasteiger partial charge in [-0.05, 0) is 30.3 Å². The van der Waals surface area contributed by atoms with Crippen molar-refractivity contribution in [3.05, 3.63) is 58.6 Å². The number of nitro groups is 1. The van der Waals surface area contributed by atoms with Gasteiger partial charge in [0, 0.05) is 31.4 Å². The van der Waals surface area contributed by atoms with Crippen LogP contribution in [0.25, 0.3) is 0 Å². The van der Waals surface area contributed by atoms with Crippen molar-refractivity contribution in [3.8, 4) is 5.75 Å². The zero-order valence-corrected chi connectivity index (χ0v) is 13.8. The van der Waals surface area contributed by atoms with Gasteiger partial charge in [0.2, 0.25) is 5.91 Å². The molecule has 0 bridgehead atoms. The van der Waals surface area contributed by atoms with E-state index in [1.807, 2.05) is 0 Å². The van der Waals surface area contributed by atoms with E-state index in [2.05, 4.69) is 5.32 Å². The van der Waals surface area contributed by atoms with E-state index in [-0.39, 0.29) is 24.0 Å². The normalized spacial score (nSPS) is 10.0. The van der Waals surface area contributed by atoms with Crippen LogP contribution in [0.2, 0.25) is 0 Å². The van der Waals surface area contributed by atoms with Crippen molar-refractivity contribution in [2.45, 2.75) is 6.92 Å². The molecule has 0 saturated heterocycles. The number of nitrogens with zero attached hydrogens (tertiary/aromatic N) is 2. The molecule has 0 heterocycles. The number of anilines is 2. The van der Waals surface area contributed by atoms with Crippen molar-refractivity contribution >= 4 is 28.9 Å². The first-order valence-electron chi connectivity index (χ1n) is 7.39. The number of para-hydroxylation sites is 2. The molecule has 2 aromatic carbocycles. The highest BCUT2D eigenvalue weighted by Crippen LogP contribution is 2.25. The van der Waals surface area contributed by atoms with Crippen molar-refractivity contribution in [1.82, 2.24) is 0 Å². The molecule has 25 heavy (non-hydrogen) atoms. The van der Waals surface area contributed by atoms with Gasteiger partial charge in [0.15, 0.2) is 12.4 Å². The van der Waals surface area contributed by atoms with Crippen molar-refractivity contribution < 1.29 is 19.2 Å². The standard InChI is InChI=1S/C17H17N3O5/c1-12(21)19(2)14-9-7-13(8-10-14)18-17(22)11-25-16-6-4-3-5-15(16)20(23)24/h3-10H,11H2,1-2H3,(H,18,22). The second kappa shape index (κ2) is 7.91. The van der Waals surface area contributed by atoms with Crippen LogP contribution in [-0.2, 0) is 9.59 Å². The minimum atomic E-state index is -0.572. The molecule has 0 radical (unpaired) electrons. The van der Waals surface area contributed by atoms with E-state index >= 15 is 0 Å². The van der Waals surface area contributed by atoms with E-state index in [0.717, 1.165) is 0 Å². The van der Waals surface area contributed by atoms with Crippen LogP contribution >= 0.6 is 0 Å². The number of hydrogen-bond donors (Lipinski definition) is 1. The molecule has 130 valence electrons. The summed E-state index contributed by atoms with van der Waals surface area (Å²) in [6, 6.07) is 12.5. The first kappa shape index (κ1) is 17.9. The fourth-order valence-corrected chi connectivity index (χ4v) is 2.02. The van der Waals surface area contributed by atoms with E-state index in [1.54, 1.807) is 37.4 Å². The van der Waals surface area contributed by atoms with Crippen molar-refractivity contribution in [2.24, 2.45) is 0 Å². The molecular weight excluding hydrogens is 326 g/mol. The molecule has 0 unspecified atom stereocenters. The smallest absolute Gasteiger partial charge is 0.310 e. The Hall–Kier alpha value is -3.42. The molecule has 8 nitrogen and oxygen atoms in total. The lowest BCUT2D eigenvalue weighted by molar-refractivity contribution is -0.385. The number of nitro benzene ring substituents is 1. The van der Waals surface area contributed by atoms with Gasteiger partial charge < -0.3 is 15.0 Å². The first-order valence-corrected chi connectivity index (χ1v) is 7.39. The Balaban J connectivity index is 1.95. The van der Waals surface area contributed by atoms with E-state index < -0.39 is 10.8 Å². The molecule has 0 spiro atoms. The number of carbonyl (C=O) groups is 2. The molecule has 0 fully saturated rings. The van der Waals surface area contributed by atoms with Gasteiger partial charge in [-0.15, -0.1) is 0 Å². The van der Waals surface area contributed by atoms with E-state index in [9.17, 15) is 19.7 Å². The summed E-state index contributed by atoms with van der Waals surface area (Å²) in [5, 5.41) is 13.5. The van der Waals surface area contributed by atoms with Gasteiger partial charge in [0.25, 0.3) is 5.91 Å². The first-order chi connectivity index (χ1) is 11.9. The highest BCUT2D eigenvalue weighted by Gasteiger charge is 2.15. The fraction of sp³-hybridized carbons (Fsp3) is 0.176. The molecule has 0 aliphatic carbocycles. The van der Waals surface area contributed by atoms with Crippen LogP contribution in [0.1, 0.15) is 6.92 Å². The predicted octanol–water partition coefficient (Wildman–Crippen LogP) is 2.60. The number of amides is 2. The van der Waals surface area contributed by atoms with Gasteiger partial charge in [-0.3, -0.25) is 19.7 Å². The van der Waals surface area contributed by atoms with Gasteiger partial charge in [-0.1, -0.05) is 12.1 Å². The number of rotatable bonds is 6. The van der Waals surface area contributed by atoms with Crippen LogP contribution in [0.4, 0.5) is 17.1 Å². The fourth-order valence-electron chi connectivity index (χ4n) is 2.02. The van der Waals surface area contributed by atoms with Crippen LogP contribution in [0.3, 0.4) is 0 Å². The van der Waals surface area contributed by atoms with E-state index in [1.165, 1.54) is 30.0 Å². The topological polar surface area (TPSA) is 102 Å². The zero-order chi connectivity index (χ0) is 18.4. The Bertz CT molecular complexity index is 789. The summed E-state index contributed by atoms with van der Waals surface area (Å²) in [6.07, 6.45) is 0. The monoisotopic (exact) mass is 343 g/mol. The molecule has 2 aromatic rings. The summed E-state index contributed by atoms with van der Waals surface area (Å²) in [5.74, 6) is -0.526. The summed E-state index contributed by atoms with van der Waals surface area (Å²) in [5.41, 5.74) is 1.02. The molecular formula is C17H17N3O5. The maximum atomic E-state index is 11.9. The SMILES string of the molecule is CC(=O)N(C)c1ccc(NC(=O)COc2ccccc2[N+](=O)[O-])cc1. The molecule has 1 N–H and O–H groups in total. The van der Waals surface area contributed by atoms with Gasteiger partial charge in [-0.25, -0.2) is 0 Å². The van der Waals surface area contributed by atoms with Gasteiger partial charge in [0.1, 0.15) is 0 Å². The number of carbonyl (C=O) groups excluding carboxylic acids is 2. The minimum Gasteiger partial charge on any atom is -0.477 e. The highest BCUT2D eigenvalue weighted by atomic mass is 16.6. The summed E-state index contributed by atoms with van der Waals surface area (Å²) in [6.45, 7) is 1.09. The molecule has 2 amide bonds. The highest BCUT2D eigenvalue weighted by molar-refractivity contribution is 5.93. The summed E-state index contributed by atoms with van der Waals surface area (Å²) >= 11 is 0. The molecule has 0 aliphatic rings. The van der Waals surface area contributed by atoms with E-state index in [0.29, 0.717) is 11.4 Å². The molecule has 2 rings (SSSR count).